The molecule has 0 spiro atoms. The van der Waals surface area contributed by atoms with Crippen LogP contribution in [-0.2, 0) is 19.1 Å². The monoisotopic (exact) mass is 426 g/mol. The van der Waals surface area contributed by atoms with Crippen molar-refractivity contribution in [3.63, 3.8) is 0 Å². The second kappa shape index (κ2) is 18.7. The molecule has 0 aliphatic carbocycles. The lowest BCUT2D eigenvalue weighted by atomic mass is 9.82. The van der Waals surface area contributed by atoms with Crippen molar-refractivity contribution in [3.05, 3.63) is 0 Å². The number of hydrogen-bond acceptors (Lipinski definition) is 4. The normalized spacial score (nSPS) is 11.7. The summed E-state index contributed by atoms with van der Waals surface area (Å²) >= 11 is 0. The molecule has 0 N–H and O–H groups in total. The average Bonchev–Trinajstić information content (AvgIpc) is 2.72. The Bertz CT molecular complexity index is 427. The highest BCUT2D eigenvalue weighted by molar-refractivity contribution is 5.99. The van der Waals surface area contributed by atoms with Gasteiger partial charge in [-0.2, -0.15) is 0 Å². The third-order valence-electron chi connectivity index (χ3n) is 6.15. The standard InChI is InChI=1S/C26H50O4/c1-6-9-10-11-12-13-14-15-16-17-18-19-21-29-24(27)26(7-2,8-3)25(28)30-22-20-23(4)5/h23H,6-22H2,1-5H3. The largest absolute Gasteiger partial charge is 0.465 e. The summed E-state index contributed by atoms with van der Waals surface area (Å²) in [5, 5.41) is 0. The van der Waals surface area contributed by atoms with Crippen LogP contribution >= 0.6 is 0 Å². The smallest absolute Gasteiger partial charge is 0.323 e. The van der Waals surface area contributed by atoms with Gasteiger partial charge in [0.15, 0.2) is 5.41 Å². The molecule has 0 saturated heterocycles. The topological polar surface area (TPSA) is 52.6 Å². The van der Waals surface area contributed by atoms with Crippen LogP contribution in [-0.4, -0.2) is 25.2 Å². The Morgan fingerprint density at radius 2 is 1.03 bits per heavy atom. The fourth-order valence-corrected chi connectivity index (χ4v) is 3.68. The first-order chi connectivity index (χ1) is 14.4. The van der Waals surface area contributed by atoms with E-state index in [2.05, 4.69) is 20.8 Å². The molecule has 0 aromatic carbocycles. The molecule has 0 atom stereocenters. The molecule has 0 aliphatic rings. The molecule has 0 heterocycles. The van der Waals surface area contributed by atoms with Gasteiger partial charge in [-0.3, -0.25) is 9.59 Å². The maximum absolute atomic E-state index is 12.6. The van der Waals surface area contributed by atoms with Gasteiger partial charge in [0.2, 0.25) is 0 Å². The Morgan fingerprint density at radius 1 is 0.633 bits per heavy atom. The number of ether oxygens (including phenoxy) is 2. The highest BCUT2D eigenvalue weighted by atomic mass is 16.6. The molecule has 0 aliphatic heterocycles. The summed E-state index contributed by atoms with van der Waals surface area (Å²) in [4.78, 5) is 25.2. The summed E-state index contributed by atoms with van der Waals surface area (Å²) in [6, 6.07) is 0. The van der Waals surface area contributed by atoms with Crippen molar-refractivity contribution in [2.24, 2.45) is 11.3 Å². The van der Waals surface area contributed by atoms with Gasteiger partial charge in [0, 0.05) is 0 Å². The second-order valence-electron chi connectivity index (χ2n) is 9.13. The molecule has 4 nitrogen and oxygen atoms in total. The van der Waals surface area contributed by atoms with Crippen LogP contribution in [0.15, 0.2) is 0 Å². The Hall–Kier alpha value is -1.06. The lowest BCUT2D eigenvalue weighted by molar-refractivity contribution is -0.173. The molecule has 0 fully saturated rings. The zero-order valence-corrected chi connectivity index (χ0v) is 20.7. The van der Waals surface area contributed by atoms with E-state index in [0.29, 0.717) is 32.0 Å². The van der Waals surface area contributed by atoms with Crippen LogP contribution < -0.4 is 0 Å². The summed E-state index contributed by atoms with van der Waals surface area (Å²) in [6.07, 6.45) is 16.9. The summed E-state index contributed by atoms with van der Waals surface area (Å²) in [5.41, 5.74) is -1.14. The first-order valence-electron chi connectivity index (χ1n) is 12.8. The number of unbranched alkanes of at least 4 members (excludes halogenated alkanes) is 11. The molecular formula is C26H50O4. The van der Waals surface area contributed by atoms with Crippen LogP contribution in [0.2, 0.25) is 0 Å². The molecule has 4 heteroatoms. The van der Waals surface area contributed by atoms with Crippen LogP contribution in [0.1, 0.15) is 131 Å². The van der Waals surface area contributed by atoms with Crippen molar-refractivity contribution in [2.75, 3.05) is 13.2 Å². The van der Waals surface area contributed by atoms with Crippen LogP contribution in [0, 0.1) is 11.3 Å². The third kappa shape index (κ3) is 12.6. The van der Waals surface area contributed by atoms with Crippen LogP contribution in [0.3, 0.4) is 0 Å². The van der Waals surface area contributed by atoms with Gasteiger partial charge in [0.25, 0.3) is 0 Å². The molecule has 0 rings (SSSR count). The van der Waals surface area contributed by atoms with Crippen molar-refractivity contribution in [3.8, 4) is 0 Å². The third-order valence-corrected chi connectivity index (χ3v) is 6.15. The van der Waals surface area contributed by atoms with Crippen molar-refractivity contribution < 1.29 is 19.1 Å². The molecule has 0 bridgehead atoms. The molecule has 0 radical (unpaired) electrons. The second-order valence-corrected chi connectivity index (χ2v) is 9.13. The number of carbonyl (C=O) groups excluding carboxylic acids is 2. The minimum absolute atomic E-state index is 0.365. The number of hydrogen-bond donors (Lipinski definition) is 0. The summed E-state index contributed by atoms with van der Waals surface area (Å²) < 4.78 is 10.9. The molecule has 30 heavy (non-hydrogen) atoms. The van der Waals surface area contributed by atoms with E-state index in [1.807, 2.05) is 13.8 Å². The SMILES string of the molecule is CCCCCCCCCCCCCCOC(=O)C(CC)(CC)C(=O)OCCC(C)C. The maximum Gasteiger partial charge on any atom is 0.323 e. The van der Waals surface area contributed by atoms with Crippen molar-refractivity contribution >= 4 is 11.9 Å². The number of rotatable bonds is 20. The highest BCUT2D eigenvalue weighted by Crippen LogP contribution is 2.30. The Balaban J connectivity index is 3.93. The zero-order chi connectivity index (χ0) is 22.7. The lowest BCUT2D eigenvalue weighted by Gasteiger charge is -2.27. The van der Waals surface area contributed by atoms with Crippen molar-refractivity contribution in [1.82, 2.24) is 0 Å². The van der Waals surface area contributed by atoms with E-state index in [9.17, 15) is 9.59 Å². The van der Waals surface area contributed by atoms with Gasteiger partial charge in [0.05, 0.1) is 13.2 Å². The van der Waals surface area contributed by atoms with E-state index in [0.717, 1.165) is 19.3 Å². The molecule has 0 amide bonds. The summed E-state index contributed by atoms with van der Waals surface area (Å²) in [5.74, 6) is -0.369. The first-order valence-corrected chi connectivity index (χ1v) is 12.8. The number of esters is 2. The molecule has 0 unspecified atom stereocenters. The van der Waals surface area contributed by atoms with Crippen LogP contribution in [0.25, 0.3) is 0 Å². The van der Waals surface area contributed by atoms with Gasteiger partial charge in [-0.15, -0.1) is 0 Å². The molecule has 0 aromatic rings. The average molecular weight is 427 g/mol. The van der Waals surface area contributed by atoms with E-state index in [1.165, 1.54) is 64.2 Å². The lowest BCUT2D eigenvalue weighted by Crippen LogP contribution is -2.41. The quantitative estimate of drug-likeness (QED) is 0.114. The Labute approximate surface area is 186 Å². The van der Waals surface area contributed by atoms with E-state index >= 15 is 0 Å². The van der Waals surface area contributed by atoms with E-state index in [-0.39, 0.29) is 0 Å². The van der Waals surface area contributed by atoms with E-state index < -0.39 is 17.4 Å². The Kier molecular flexibility index (Phi) is 18.0. The minimum Gasteiger partial charge on any atom is -0.465 e. The predicted octanol–water partition coefficient (Wildman–Crippen LogP) is 7.63. The van der Waals surface area contributed by atoms with Gasteiger partial charge in [0.1, 0.15) is 0 Å². The fraction of sp³-hybridized carbons (Fsp3) is 0.923. The van der Waals surface area contributed by atoms with Gasteiger partial charge >= 0.3 is 11.9 Å². The van der Waals surface area contributed by atoms with E-state index in [4.69, 9.17) is 9.47 Å². The first kappa shape index (κ1) is 28.9. The molecule has 0 saturated carbocycles. The fourth-order valence-electron chi connectivity index (χ4n) is 3.68. The van der Waals surface area contributed by atoms with Gasteiger partial charge in [-0.05, 0) is 31.6 Å². The van der Waals surface area contributed by atoms with Gasteiger partial charge in [-0.25, -0.2) is 0 Å². The highest BCUT2D eigenvalue weighted by Gasteiger charge is 2.45. The summed E-state index contributed by atoms with van der Waals surface area (Å²) in [7, 11) is 0. The summed E-state index contributed by atoms with van der Waals surface area (Å²) in [6.45, 7) is 10.9. The van der Waals surface area contributed by atoms with Crippen LogP contribution in [0.4, 0.5) is 0 Å². The molecule has 178 valence electrons. The predicted molar refractivity (Wildman–Crippen MR) is 125 cm³/mol. The van der Waals surface area contributed by atoms with E-state index in [1.54, 1.807) is 0 Å². The number of carbonyl (C=O) groups is 2. The molecular weight excluding hydrogens is 376 g/mol. The zero-order valence-electron chi connectivity index (χ0n) is 20.7. The van der Waals surface area contributed by atoms with Crippen molar-refractivity contribution in [1.29, 1.82) is 0 Å². The molecule has 0 aromatic heterocycles. The maximum atomic E-state index is 12.6. The van der Waals surface area contributed by atoms with Gasteiger partial charge < -0.3 is 9.47 Å². The van der Waals surface area contributed by atoms with Crippen LogP contribution in [0.5, 0.6) is 0 Å². The minimum atomic E-state index is -1.14. The van der Waals surface area contributed by atoms with Gasteiger partial charge in [-0.1, -0.05) is 105 Å². The Morgan fingerprint density at radius 3 is 1.43 bits per heavy atom. The van der Waals surface area contributed by atoms with Crippen molar-refractivity contribution in [2.45, 2.75) is 131 Å².